The molecule has 84 valence electrons. The van der Waals surface area contributed by atoms with Gasteiger partial charge in [0.25, 0.3) is 0 Å². The summed E-state index contributed by atoms with van der Waals surface area (Å²) < 4.78 is 24.8. The van der Waals surface area contributed by atoms with Gasteiger partial charge in [-0.15, -0.1) is 0 Å². The first-order valence-electron chi connectivity index (χ1n) is 4.23. The number of carboxylic acid groups (broad SMARTS) is 1. The van der Waals surface area contributed by atoms with Gasteiger partial charge in [0.15, 0.2) is 0 Å². The summed E-state index contributed by atoms with van der Waals surface area (Å²) >= 11 is 0. The van der Waals surface area contributed by atoms with E-state index in [-0.39, 0.29) is 18.2 Å². The van der Waals surface area contributed by atoms with E-state index in [0.29, 0.717) is 0 Å². The number of nitrogens with one attached hydrogen (secondary N) is 1. The molecule has 0 aromatic heterocycles. The Labute approximate surface area is 83.5 Å². The minimum absolute atomic E-state index is 0.0859. The highest BCUT2D eigenvalue weighted by Gasteiger charge is 2.17. The average Bonchev–Trinajstić information content (AvgIpc) is 1.97. The number of carboxylic acids is 1. The SMILES string of the molecule is CC(C)NS(=O)(=O)CC[C@H](N)C(=O)O. The van der Waals surface area contributed by atoms with Crippen LogP contribution < -0.4 is 10.5 Å². The van der Waals surface area contributed by atoms with E-state index in [1.54, 1.807) is 13.8 Å². The zero-order chi connectivity index (χ0) is 11.4. The van der Waals surface area contributed by atoms with Crippen molar-refractivity contribution in [1.29, 1.82) is 0 Å². The Morgan fingerprint density at radius 1 is 1.50 bits per heavy atom. The lowest BCUT2D eigenvalue weighted by atomic mass is 10.2. The minimum Gasteiger partial charge on any atom is -0.480 e. The average molecular weight is 224 g/mol. The molecule has 4 N–H and O–H groups in total. The largest absolute Gasteiger partial charge is 0.480 e. The van der Waals surface area contributed by atoms with Crippen LogP contribution in [-0.4, -0.2) is 37.3 Å². The molecule has 0 aliphatic rings. The normalized spacial score (nSPS) is 14.3. The maximum absolute atomic E-state index is 11.2. The summed E-state index contributed by atoms with van der Waals surface area (Å²) in [6, 6.07) is -1.32. The van der Waals surface area contributed by atoms with Gasteiger partial charge in [-0.25, -0.2) is 13.1 Å². The van der Waals surface area contributed by atoms with Crippen molar-refractivity contribution in [1.82, 2.24) is 4.72 Å². The van der Waals surface area contributed by atoms with Crippen molar-refractivity contribution in [2.75, 3.05) is 5.75 Å². The summed E-state index contributed by atoms with van der Waals surface area (Å²) in [7, 11) is -3.40. The summed E-state index contributed by atoms with van der Waals surface area (Å²) in [5, 5.41) is 8.42. The third-order valence-electron chi connectivity index (χ3n) is 1.43. The van der Waals surface area contributed by atoms with Crippen LogP contribution in [-0.2, 0) is 14.8 Å². The highest BCUT2D eigenvalue weighted by molar-refractivity contribution is 7.89. The van der Waals surface area contributed by atoms with Crippen LogP contribution in [0.4, 0.5) is 0 Å². The summed E-state index contributed by atoms with van der Waals surface area (Å²) in [4.78, 5) is 10.3. The molecule has 0 rings (SSSR count). The number of nitrogens with two attached hydrogens (primary N) is 1. The van der Waals surface area contributed by atoms with E-state index in [9.17, 15) is 13.2 Å². The van der Waals surface area contributed by atoms with Gasteiger partial charge in [0, 0.05) is 6.04 Å². The standard InChI is InChI=1S/C7H16N2O4S/c1-5(2)9-14(12,13)4-3-6(8)7(10)11/h5-6,9H,3-4,8H2,1-2H3,(H,10,11)/t6-/m0/s1. The number of rotatable bonds is 6. The fourth-order valence-corrected chi connectivity index (χ4v) is 2.22. The van der Waals surface area contributed by atoms with E-state index in [4.69, 9.17) is 10.8 Å². The van der Waals surface area contributed by atoms with E-state index in [1.807, 2.05) is 0 Å². The van der Waals surface area contributed by atoms with Crippen molar-refractivity contribution in [3.8, 4) is 0 Å². The molecule has 6 nitrogen and oxygen atoms in total. The van der Waals surface area contributed by atoms with E-state index < -0.39 is 22.0 Å². The first kappa shape index (κ1) is 13.3. The van der Waals surface area contributed by atoms with Gasteiger partial charge in [0.05, 0.1) is 5.75 Å². The zero-order valence-corrected chi connectivity index (χ0v) is 9.04. The Morgan fingerprint density at radius 2 is 2.00 bits per heavy atom. The predicted octanol–water partition coefficient (Wildman–Crippen LogP) is -0.884. The van der Waals surface area contributed by atoms with Gasteiger partial charge in [-0.3, -0.25) is 4.79 Å². The molecule has 0 aromatic rings. The number of carbonyl (C=O) groups is 1. The maximum Gasteiger partial charge on any atom is 0.320 e. The van der Waals surface area contributed by atoms with Gasteiger partial charge in [0.2, 0.25) is 10.0 Å². The summed E-state index contributed by atoms with van der Waals surface area (Å²) in [5.74, 6) is -1.46. The molecule has 0 bridgehead atoms. The van der Waals surface area contributed by atoms with Crippen molar-refractivity contribution in [2.24, 2.45) is 5.73 Å². The first-order chi connectivity index (χ1) is 6.24. The van der Waals surface area contributed by atoms with Crippen molar-refractivity contribution in [3.05, 3.63) is 0 Å². The smallest absolute Gasteiger partial charge is 0.320 e. The first-order valence-corrected chi connectivity index (χ1v) is 5.88. The van der Waals surface area contributed by atoms with E-state index in [1.165, 1.54) is 0 Å². The van der Waals surface area contributed by atoms with E-state index in [2.05, 4.69) is 4.72 Å². The van der Waals surface area contributed by atoms with Crippen molar-refractivity contribution >= 4 is 16.0 Å². The molecule has 0 unspecified atom stereocenters. The topological polar surface area (TPSA) is 109 Å². The molecule has 1 atom stereocenters. The second kappa shape index (κ2) is 5.28. The van der Waals surface area contributed by atoms with Gasteiger partial charge in [-0.05, 0) is 20.3 Å². The molecular formula is C7H16N2O4S. The van der Waals surface area contributed by atoms with Crippen LogP contribution in [0.2, 0.25) is 0 Å². The molecule has 0 saturated heterocycles. The Morgan fingerprint density at radius 3 is 2.36 bits per heavy atom. The van der Waals surface area contributed by atoms with Crippen molar-refractivity contribution in [2.45, 2.75) is 32.4 Å². The Kier molecular flexibility index (Phi) is 5.03. The zero-order valence-electron chi connectivity index (χ0n) is 8.23. The number of sulfonamides is 1. The molecule has 0 saturated carbocycles. The third-order valence-corrected chi connectivity index (χ3v) is 3.03. The fourth-order valence-electron chi connectivity index (χ4n) is 0.824. The van der Waals surface area contributed by atoms with Gasteiger partial charge in [0.1, 0.15) is 6.04 Å². The molecule has 0 fully saturated rings. The Balaban J connectivity index is 4.06. The van der Waals surface area contributed by atoms with E-state index >= 15 is 0 Å². The second-order valence-electron chi connectivity index (χ2n) is 3.32. The van der Waals surface area contributed by atoms with Crippen LogP contribution in [0, 0.1) is 0 Å². The molecule has 14 heavy (non-hydrogen) atoms. The Bertz CT molecular complexity index is 286. The van der Waals surface area contributed by atoms with Crippen LogP contribution in [0.15, 0.2) is 0 Å². The molecule has 0 amide bonds. The molecule has 0 radical (unpaired) electrons. The van der Waals surface area contributed by atoms with Crippen LogP contribution in [0.3, 0.4) is 0 Å². The molecular weight excluding hydrogens is 208 g/mol. The van der Waals surface area contributed by atoms with Crippen LogP contribution in [0.25, 0.3) is 0 Å². The number of aliphatic carboxylic acids is 1. The molecule has 0 aromatic carbocycles. The van der Waals surface area contributed by atoms with Gasteiger partial charge in [-0.2, -0.15) is 0 Å². The van der Waals surface area contributed by atoms with Crippen LogP contribution in [0.1, 0.15) is 20.3 Å². The highest BCUT2D eigenvalue weighted by atomic mass is 32.2. The van der Waals surface area contributed by atoms with E-state index in [0.717, 1.165) is 0 Å². The lowest BCUT2D eigenvalue weighted by Crippen LogP contribution is -2.37. The van der Waals surface area contributed by atoms with Gasteiger partial charge >= 0.3 is 5.97 Å². The predicted molar refractivity (Wildman–Crippen MR) is 52.3 cm³/mol. The van der Waals surface area contributed by atoms with Gasteiger partial charge < -0.3 is 10.8 Å². The fraction of sp³-hybridized carbons (Fsp3) is 0.857. The number of hydrogen-bond acceptors (Lipinski definition) is 4. The quantitative estimate of drug-likeness (QED) is 0.542. The summed E-state index contributed by atoms with van der Waals surface area (Å²) in [6.45, 7) is 3.38. The molecule has 0 heterocycles. The highest BCUT2D eigenvalue weighted by Crippen LogP contribution is 1.95. The summed E-state index contributed by atoms with van der Waals surface area (Å²) in [6.07, 6.45) is -0.0859. The lowest BCUT2D eigenvalue weighted by Gasteiger charge is -2.10. The summed E-state index contributed by atoms with van der Waals surface area (Å²) in [5.41, 5.74) is 5.16. The van der Waals surface area contributed by atoms with Crippen LogP contribution in [0.5, 0.6) is 0 Å². The Hall–Kier alpha value is -0.660. The van der Waals surface area contributed by atoms with Gasteiger partial charge in [-0.1, -0.05) is 0 Å². The molecule has 0 spiro atoms. The maximum atomic E-state index is 11.2. The molecule has 0 aliphatic carbocycles. The second-order valence-corrected chi connectivity index (χ2v) is 5.20. The van der Waals surface area contributed by atoms with Crippen LogP contribution >= 0.6 is 0 Å². The van der Waals surface area contributed by atoms with Crippen molar-refractivity contribution < 1.29 is 18.3 Å². The lowest BCUT2D eigenvalue weighted by molar-refractivity contribution is -0.138. The minimum atomic E-state index is -3.40. The monoisotopic (exact) mass is 224 g/mol. The number of hydrogen-bond donors (Lipinski definition) is 3. The van der Waals surface area contributed by atoms with Crippen molar-refractivity contribution in [3.63, 3.8) is 0 Å². The molecule has 7 heteroatoms. The third kappa shape index (κ3) is 5.90. The molecule has 0 aliphatic heterocycles.